The third-order valence-electron chi connectivity index (χ3n) is 3.71. The highest BCUT2D eigenvalue weighted by molar-refractivity contribution is 9.10. The largest absolute Gasteiger partial charge is 0.325 e. The van der Waals surface area contributed by atoms with Gasteiger partial charge in [0.2, 0.25) is 11.0 Å². The summed E-state index contributed by atoms with van der Waals surface area (Å²) in [5.41, 5.74) is 3.43. The molecule has 0 fully saturated rings. The number of benzene rings is 2. The first-order valence-electron chi connectivity index (χ1n) is 8.31. The molecule has 1 aromatic heterocycles. The van der Waals surface area contributed by atoms with Crippen molar-refractivity contribution in [2.45, 2.75) is 18.2 Å². The Hall–Kier alpha value is -2.23. The molecule has 1 heterocycles. The SMILES string of the molecule is Cc1ccc(C)c(NC(=O)CSc2nnc(NC(=O)c3cccc(Br)c3)s2)c1. The van der Waals surface area contributed by atoms with E-state index in [9.17, 15) is 9.59 Å². The molecule has 0 aliphatic heterocycles. The number of hydrogen-bond acceptors (Lipinski definition) is 6. The summed E-state index contributed by atoms with van der Waals surface area (Å²) in [6.45, 7) is 3.93. The molecule has 0 aliphatic carbocycles. The zero-order valence-corrected chi connectivity index (χ0v) is 18.4. The lowest BCUT2D eigenvalue weighted by Crippen LogP contribution is -2.14. The van der Waals surface area contributed by atoms with Crippen LogP contribution in [0.5, 0.6) is 0 Å². The molecule has 0 unspecified atom stereocenters. The zero-order chi connectivity index (χ0) is 20.1. The predicted octanol–water partition coefficient (Wildman–Crippen LogP) is 4.90. The molecule has 0 atom stereocenters. The van der Waals surface area contributed by atoms with E-state index in [0.29, 0.717) is 15.0 Å². The second-order valence-corrected chi connectivity index (χ2v) is 9.11. The minimum Gasteiger partial charge on any atom is -0.325 e. The molecule has 6 nitrogen and oxygen atoms in total. The van der Waals surface area contributed by atoms with E-state index < -0.39 is 0 Å². The molecule has 2 amide bonds. The second-order valence-electron chi connectivity index (χ2n) is 5.99. The van der Waals surface area contributed by atoms with Gasteiger partial charge in [-0.05, 0) is 49.2 Å². The molecule has 0 radical (unpaired) electrons. The van der Waals surface area contributed by atoms with Crippen LogP contribution >= 0.6 is 39.0 Å². The van der Waals surface area contributed by atoms with Crippen molar-refractivity contribution < 1.29 is 9.59 Å². The lowest BCUT2D eigenvalue weighted by molar-refractivity contribution is -0.113. The number of rotatable bonds is 6. The number of thioether (sulfide) groups is 1. The molecule has 3 rings (SSSR count). The number of nitrogens with zero attached hydrogens (tertiary/aromatic N) is 2. The van der Waals surface area contributed by atoms with Gasteiger partial charge in [-0.3, -0.25) is 14.9 Å². The quantitative estimate of drug-likeness (QED) is 0.390. The van der Waals surface area contributed by atoms with Crippen LogP contribution in [0.3, 0.4) is 0 Å². The third kappa shape index (κ3) is 5.63. The Balaban J connectivity index is 1.53. The highest BCUT2D eigenvalue weighted by atomic mass is 79.9. The first-order chi connectivity index (χ1) is 13.4. The molecule has 0 saturated heterocycles. The fourth-order valence-corrected chi connectivity index (χ4v) is 4.25. The van der Waals surface area contributed by atoms with Crippen molar-refractivity contribution in [3.8, 4) is 0 Å². The number of carbonyl (C=O) groups is 2. The summed E-state index contributed by atoms with van der Waals surface area (Å²) < 4.78 is 1.43. The number of anilines is 2. The maximum atomic E-state index is 12.2. The Kier molecular flexibility index (Phi) is 6.82. The van der Waals surface area contributed by atoms with Gasteiger partial charge in [0.25, 0.3) is 5.91 Å². The molecule has 9 heteroatoms. The van der Waals surface area contributed by atoms with Gasteiger partial charge >= 0.3 is 0 Å². The van der Waals surface area contributed by atoms with Crippen LogP contribution < -0.4 is 10.6 Å². The van der Waals surface area contributed by atoms with Crippen molar-refractivity contribution in [3.63, 3.8) is 0 Å². The summed E-state index contributed by atoms with van der Waals surface area (Å²) in [6.07, 6.45) is 0. The Labute approximate surface area is 179 Å². The Bertz CT molecular complexity index is 1020. The summed E-state index contributed by atoms with van der Waals surface area (Å²) in [7, 11) is 0. The van der Waals surface area contributed by atoms with Gasteiger partial charge in [0.05, 0.1) is 5.75 Å². The number of nitrogens with one attached hydrogen (secondary N) is 2. The maximum absolute atomic E-state index is 12.2. The van der Waals surface area contributed by atoms with E-state index >= 15 is 0 Å². The van der Waals surface area contributed by atoms with Gasteiger partial charge in [0, 0.05) is 15.7 Å². The van der Waals surface area contributed by atoms with Crippen LogP contribution in [-0.2, 0) is 4.79 Å². The van der Waals surface area contributed by atoms with Crippen molar-refractivity contribution in [1.82, 2.24) is 10.2 Å². The molecule has 2 aromatic carbocycles. The van der Waals surface area contributed by atoms with Crippen LogP contribution in [0, 0.1) is 13.8 Å². The van der Waals surface area contributed by atoms with Gasteiger partial charge < -0.3 is 5.32 Å². The van der Waals surface area contributed by atoms with Crippen LogP contribution in [0.2, 0.25) is 0 Å². The van der Waals surface area contributed by atoms with E-state index in [1.54, 1.807) is 18.2 Å². The topological polar surface area (TPSA) is 84.0 Å². The van der Waals surface area contributed by atoms with Gasteiger partial charge in [-0.25, -0.2) is 0 Å². The van der Waals surface area contributed by atoms with E-state index in [1.165, 1.54) is 23.1 Å². The molecule has 0 saturated carbocycles. The third-order valence-corrected chi connectivity index (χ3v) is 6.17. The van der Waals surface area contributed by atoms with Gasteiger partial charge in [0.1, 0.15) is 0 Å². The van der Waals surface area contributed by atoms with Gasteiger partial charge in [0.15, 0.2) is 4.34 Å². The number of halogens is 1. The lowest BCUT2D eigenvalue weighted by Gasteiger charge is -2.08. The van der Waals surface area contributed by atoms with E-state index in [2.05, 4.69) is 36.8 Å². The number of carbonyl (C=O) groups excluding carboxylic acids is 2. The van der Waals surface area contributed by atoms with E-state index in [4.69, 9.17) is 0 Å². The number of hydrogen-bond donors (Lipinski definition) is 2. The van der Waals surface area contributed by atoms with Crippen molar-refractivity contribution in [2.24, 2.45) is 0 Å². The summed E-state index contributed by atoms with van der Waals surface area (Å²) in [6, 6.07) is 13.0. The normalized spacial score (nSPS) is 10.5. The van der Waals surface area contributed by atoms with Crippen LogP contribution in [0.4, 0.5) is 10.8 Å². The molecule has 3 aromatic rings. The molecule has 0 spiro atoms. The standard InChI is InChI=1S/C19H17BrN4O2S2/c1-11-6-7-12(2)15(8-11)21-16(25)10-27-19-24-23-18(28-19)22-17(26)13-4-3-5-14(20)9-13/h3-9H,10H2,1-2H3,(H,21,25)(H,22,23,26). The zero-order valence-electron chi connectivity index (χ0n) is 15.2. The number of aryl methyl sites for hydroxylation is 2. The minimum atomic E-state index is -0.262. The smallest absolute Gasteiger partial charge is 0.257 e. The van der Waals surface area contributed by atoms with Crippen molar-refractivity contribution >= 4 is 61.7 Å². The summed E-state index contributed by atoms with van der Waals surface area (Å²) in [4.78, 5) is 24.4. The molecule has 0 aliphatic rings. The van der Waals surface area contributed by atoms with Crippen molar-refractivity contribution in [3.05, 3.63) is 63.6 Å². The highest BCUT2D eigenvalue weighted by Crippen LogP contribution is 2.26. The van der Waals surface area contributed by atoms with E-state index in [-0.39, 0.29) is 17.6 Å². The van der Waals surface area contributed by atoms with Gasteiger partial charge in [-0.2, -0.15) is 0 Å². The average molecular weight is 477 g/mol. The summed E-state index contributed by atoms with van der Waals surface area (Å²) >= 11 is 5.85. The average Bonchev–Trinajstić information content (AvgIpc) is 3.10. The van der Waals surface area contributed by atoms with Crippen LogP contribution in [0.25, 0.3) is 0 Å². The highest BCUT2D eigenvalue weighted by Gasteiger charge is 2.12. The molecular weight excluding hydrogens is 460 g/mol. The Morgan fingerprint density at radius 1 is 1.11 bits per heavy atom. The maximum Gasteiger partial charge on any atom is 0.257 e. The fourth-order valence-electron chi connectivity index (χ4n) is 2.30. The summed E-state index contributed by atoms with van der Waals surface area (Å²) in [5, 5.41) is 14.0. The van der Waals surface area contributed by atoms with Crippen molar-refractivity contribution in [2.75, 3.05) is 16.4 Å². The van der Waals surface area contributed by atoms with Crippen molar-refractivity contribution in [1.29, 1.82) is 0 Å². The van der Waals surface area contributed by atoms with Crippen LogP contribution in [0.1, 0.15) is 21.5 Å². The molecule has 28 heavy (non-hydrogen) atoms. The summed E-state index contributed by atoms with van der Waals surface area (Å²) in [5.74, 6) is -0.169. The predicted molar refractivity (Wildman–Crippen MR) is 117 cm³/mol. The first kappa shape index (κ1) is 20.5. The number of aromatic nitrogens is 2. The lowest BCUT2D eigenvalue weighted by atomic mass is 10.1. The molecular formula is C19H17BrN4O2S2. The van der Waals surface area contributed by atoms with Gasteiger partial charge in [-0.1, -0.05) is 57.2 Å². The minimum absolute atomic E-state index is 0.117. The molecule has 144 valence electrons. The van der Waals surface area contributed by atoms with Crippen LogP contribution in [-0.4, -0.2) is 27.8 Å². The van der Waals surface area contributed by atoms with Gasteiger partial charge in [-0.15, -0.1) is 10.2 Å². The Morgan fingerprint density at radius 2 is 1.93 bits per heavy atom. The monoisotopic (exact) mass is 476 g/mol. The molecule has 2 N–H and O–H groups in total. The first-order valence-corrected chi connectivity index (χ1v) is 10.9. The fraction of sp³-hybridized carbons (Fsp3) is 0.158. The van der Waals surface area contributed by atoms with E-state index in [0.717, 1.165) is 21.3 Å². The van der Waals surface area contributed by atoms with E-state index in [1.807, 2.05) is 38.1 Å². The second kappa shape index (κ2) is 9.31. The Morgan fingerprint density at radius 3 is 2.71 bits per heavy atom. The van der Waals surface area contributed by atoms with Crippen LogP contribution in [0.15, 0.2) is 51.3 Å². The molecule has 0 bridgehead atoms. The number of amides is 2.